The molecule has 1 aromatic rings. The van der Waals surface area contributed by atoms with Crippen LogP contribution in [0.4, 0.5) is 4.79 Å². The number of carbonyl (C=O) groups is 2. The van der Waals surface area contributed by atoms with Crippen molar-refractivity contribution < 1.29 is 19.1 Å². The number of ether oxygens (including phenoxy) is 2. The van der Waals surface area contributed by atoms with Crippen LogP contribution in [0.5, 0.6) is 0 Å². The van der Waals surface area contributed by atoms with Gasteiger partial charge < -0.3 is 9.47 Å². The van der Waals surface area contributed by atoms with Crippen molar-refractivity contribution >= 4 is 11.9 Å². The lowest BCUT2D eigenvalue weighted by molar-refractivity contribution is -0.122. The molecule has 2 unspecified atom stereocenters. The maximum atomic E-state index is 12.6. The maximum absolute atomic E-state index is 12.6. The molecule has 0 spiro atoms. The van der Waals surface area contributed by atoms with E-state index in [2.05, 4.69) is 12.1 Å². The number of hydrogen-bond acceptors (Lipinski definition) is 4. The van der Waals surface area contributed by atoms with Crippen molar-refractivity contribution in [1.82, 2.24) is 4.90 Å². The van der Waals surface area contributed by atoms with Gasteiger partial charge in [0.2, 0.25) is 0 Å². The van der Waals surface area contributed by atoms with Gasteiger partial charge in [-0.25, -0.2) is 4.79 Å². The number of hydrogen-bond donors (Lipinski definition) is 0. The average molecular weight is 315 g/mol. The number of amides is 1. The van der Waals surface area contributed by atoms with Gasteiger partial charge in [0.25, 0.3) is 0 Å². The third-order valence-electron chi connectivity index (χ3n) is 5.28. The molecule has 5 nitrogen and oxygen atoms in total. The fourth-order valence-electron chi connectivity index (χ4n) is 3.90. The minimum Gasteiger partial charge on any atom is -0.442 e. The first-order valence-electron chi connectivity index (χ1n) is 8.35. The summed E-state index contributed by atoms with van der Waals surface area (Å²) in [5.41, 5.74) is 0.776. The molecule has 2 atom stereocenters. The van der Waals surface area contributed by atoms with E-state index in [-0.39, 0.29) is 24.6 Å². The van der Waals surface area contributed by atoms with Gasteiger partial charge in [0.05, 0.1) is 6.10 Å². The summed E-state index contributed by atoms with van der Waals surface area (Å²) in [4.78, 5) is 26.1. The van der Waals surface area contributed by atoms with E-state index in [0.717, 1.165) is 32.1 Å². The number of ketones is 1. The second-order valence-corrected chi connectivity index (χ2v) is 6.81. The van der Waals surface area contributed by atoms with Crippen LogP contribution < -0.4 is 0 Å². The van der Waals surface area contributed by atoms with E-state index < -0.39 is 11.6 Å². The zero-order valence-corrected chi connectivity index (χ0v) is 13.1. The van der Waals surface area contributed by atoms with Gasteiger partial charge in [0.15, 0.2) is 5.78 Å². The number of carbonyl (C=O) groups excluding carboxylic acids is 2. The lowest BCUT2D eigenvalue weighted by Gasteiger charge is -2.42. The second kappa shape index (κ2) is 5.64. The Hall–Kier alpha value is -1.88. The molecule has 23 heavy (non-hydrogen) atoms. The van der Waals surface area contributed by atoms with Crippen molar-refractivity contribution in [3.05, 3.63) is 35.9 Å². The molecule has 2 saturated heterocycles. The van der Waals surface area contributed by atoms with E-state index in [4.69, 9.17) is 9.47 Å². The third-order valence-corrected chi connectivity index (χ3v) is 5.28. The highest BCUT2D eigenvalue weighted by molar-refractivity contribution is 5.91. The predicted octanol–water partition coefficient (Wildman–Crippen LogP) is 2.33. The molecule has 0 N–H and O–H groups in total. The van der Waals surface area contributed by atoms with Gasteiger partial charge in [-0.3, -0.25) is 9.69 Å². The largest absolute Gasteiger partial charge is 0.442 e. The van der Waals surface area contributed by atoms with E-state index in [1.54, 1.807) is 4.90 Å². The van der Waals surface area contributed by atoms with Crippen LogP contribution in [0.1, 0.15) is 31.2 Å². The Balaban J connectivity index is 1.45. The van der Waals surface area contributed by atoms with Crippen LogP contribution in [0.3, 0.4) is 0 Å². The number of likely N-dealkylation sites (tertiary alicyclic amines) is 1. The molecule has 3 fully saturated rings. The van der Waals surface area contributed by atoms with Crippen molar-refractivity contribution in [3.8, 4) is 0 Å². The Labute approximate surface area is 135 Å². The molecule has 5 heteroatoms. The van der Waals surface area contributed by atoms with Gasteiger partial charge in [0, 0.05) is 13.0 Å². The quantitative estimate of drug-likeness (QED) is 0.859. The van der Waals surface area contributed by atoms with Gasteiger partial charge in [-0.05, 0) is 31.2 Å². The molecule has 0 bridgehead atoms. The lowest BCUT2D eigenvalue weighted by atomic mass is 9.76. The Morgan fingerprint density at radius 3 is 2.78 bits per heavy atom. The summed E-state index contributed by atoms with van der Waals surface area (Å²) in [6, 6.07) is 9.68. The smallest absolute Gasteiger partial charge is 0.411 e. The molecular formula is C18H21NO4. The van der Waals surface area contributed by atoms with Gasteiger partial charge in [-0.2, -0.15) is 0 Å². The van der Waals surface area contributed by atoms with Crippen LogP contribution >= 0.6 is 0 Å². The summed E-state index contributed by atoms with van der Waals surface area (Å²) in [5.74, 6) is -0.00447. The summed E-state index contributed by atoms with van der Waals surface area (Å²) in [5, 5.41) is 0. The number of nitrogens with zero attached hydrogens (tertiary/aromatic N) is 1. The fourth-order valence-corrected chi connectivity index (χ4v) is 3.90. The van der Waals surface area contributed by atoms with Crippen molar-refractivity contribution in [2.45, 2.75) is 49.9 Å². The number of rotatable bonds is 3. The molecule has 0 aromatic heterocycles. The molecule has 1 saturated carbocycles. The molecule has 1 aliphatic carbocycles. The number of fused-ring (bicyclic) bond motifs is 1. The van der Waals surface area contributed by atoms with Gasteiger partial charge in [0.1, 0.15) is 18.2 Å². The Morgan fingerprint density at radius 2 is 2.09 bits per heavy atom. The zero-order valence-electron chi connectivity index (χ0n) is 13.1. The number of benzene rings is 1. The highest BCUT2D eigenvalue weighted by atomic mass is 16.6. The minimum atomic E-state index is -0.434. The first kappa shape index (κ1) is 14.7. The summed E-state index contributed by atoms with van der Waals surface area (Å²) < 4.78 is 11.3. The summed E-state index contributed by atoms with van der Waals surface area (Å²) >= 11 is 0. The Bertz CT molecular complexity index is 611. The van der Waals surface area contributed by atoms with Gasteiger partial charge in [-0.1, -0.05) is 30.3 Å². The second-order valence-electron chi connectivity index (χ2n) is 6.81. The topological polar surface area (TPSA) is 55.8 Å². The first-order valence-corrected chi connectivity index (χ1v) is 8.35. The van der Waals surface area contributed by atoms with Crippen molar-refractivity contribution in [3.63, 3.8) is 0 Å². The molecular weight excluding hydrogens is 294 g/mol. The molecule has 0 radical (unpaired) electrons. The minimum absolute atomic E-state index is 0.00447. The van der Waals surface area contributed by atoms with Crippen molar-refractivity contribution in [2.24, 2.45) is 0 Å². The monoisotopic (exact) mass is 315 g/mol. The SMILES string of the molecule is O=C1COC2CCN(C(=O)OC3(Cc4ccccc4)CCC3)C12. The molecule has 1 aromatic carbocycles. The highest BCUT2D eigenvalue weighted by Gasteiger charge is 2.49. The summed E-state index contributed by atoms with van der Waals surface area (Å²) in [6.07, 6.45) is 3.82. The molecule has 2 aliphatic heterocycles. The van der Waals surface area contributed by atoms with Crippen LogP contribution in [0, 0.1) is 0 Å². The van der Waals surface area contributed by atoms with E-state index in [1.165, 1.54) is 5.56 Å². The highest BCUT2D eigenvalue weighted by Crippen LogP contribution is 2.40. The molecule has 3 aliphatic rings. The van der Waals surface area contributed by atoms with Crippen LogP contribution in [-0.4, -0.2) is 47.7 Å². The van der Waals surface area contributed by atoms with Crippen LogP contribution in [0.25, 0.3) is 0 Å². The normalized spacial score (nSPS) is 28.3. The van der Waals surface area contributed by atoms with Crippen molar-refractivity contribution in [2.75, 3.05) is 13.2 Å². The van der Waals surface area contributed by atoms with Crippen molar-refractivity contribution in [1.29, 1.82) is 0 Å². The van der Waals surface area contributed by atoms with Crippen LogP contribution in [0.15, 0.2) is 30.3 Å². The number of Topliss-reactive ketones (excluding diaryl/α,β-unsaturated/α-hetero) is 1. The third kappa shape index (κ3) is 2.63. The molecule has 1 amide bonds. The molecule has 2 heterocycles. The zero-order chi connectivity index (χ0) is 15.9. The fraction of sp³-hybridized carbons (Fsp3) is 0.556. The van der Waals surface area contributed by atoms with Crippen LogP contribution in [0.2, 0.25) is 0 Å². The van der Waals surface area contributed by atoms with E-state index in [1.807, 2.05) is 18.2 Å². The van der Waals surface area contributed by atoms with Gasteiger partial charge in [-0.15, -0.1) is 0 Å². The average Bonchev–Trinajstić information content (AvgIpc) is 3.09. The Morgan fingerprint density at radius 1 is 1.30 bits per heavy atom. The lowest BCUT2D eigenvalue weighted by Crippen LogP contribution is -2.50. The first-order chi connectivity index (χ1) is 11.2. The Kier molecular flexibility index (Phi) is 3.60. The molecule has 122 valence electrons. The van der Waals surface area contributed by atoms with E-state index in [9.17, 15) is 9.59 Å². The van der Waals surface area contributed by atoms with Crippen LogP contribution in [-0.2, 0) is 20.7 Å². The predicted molar refractivity (Wildman–Crippen MR) is 83.1 cm³/mol. The summed E-state index contributed by atoms with van der Waals surface area (Å²) in [6.45, 7) is 0.662. The maximum Gasteiger partial charge on any atom is 0.411 e. The molecule has 4 rings (SSSR count). The van der Waals surface area contributed by atoms with Gasteiger partial charge >= 0.3 is 6.09 Å². The standard InChI is InChI=1S/C18H21NO4/c20-14-12-22-15-7-10-19(16(14)15)17(21)23-18(8-4-9-18)11-13-5-2-1-3-6-13/h1-3,5-6,15-16H,4,7-12H2. The summed E-state index contributed by atoms with van der Waals surface area (Å²) in [7, 11) is 0. The van der Waals surface area contributed by atoms with E-state index >= 15 is 0 Å². The van der Waals surface area contributed by atoms with E-state index in [0.29, 0.717) is 6.54 Å².